The summed E-state index contributed by atoms with van der Waals surface area (Å²) in [5, 5.41) is 7.13. The number of oxazole rings is 1. The molecular weight excluding hydrogens is 641 g/mol. The van der Waals surface area contributed by atoms with Gasteiger partial charge < -0.3 is 13.7 Å². The lowest BCUT2D eigenvalue weighted by atomic mass is 10.0. The van der Waals surface area contributed by atoms with Gasteiger partial charge in [0.2, 0.25) is 5.89 Å². The summed E-state index contributed by atoms with van der Waals surface area (Å²) in [7, 11) is 0. The highest BCUT2D eigenvalue weighted by Gasteiger charge is 2.23. The molecule has 0 saturated heterocycles. The molecule has 230 valence electrons. The van der Waals surface area contributed by atoms with Crippen molar-refractivity contribution in [3.8, 4) is 11.5 Å². The number of rotatable bonds is 4. The van der Waals surface area contributed by atoms with Gasteiger partial charge in [0.25, 0.3) is 0 Å². The predicted molar refractivity (Wildman–Crippen MR) is 207 cm³/mol. The van der Waals surface area contributed by atoms with E-state index >= 15 is 0 Å². The third-order valence-corrected chi connectivity index (χ3v) is 11.8. The lowest BCUT2D eigenvalue weighted by Gasteiger charge is -2.25. The first-order valence-electron chi connectivity index (χ1n) is 16.2. The molecule has 0 N–H and O–H groups in total. The quantitative estimate of drug-likeness (QED) is 0.188. The molecule has 0 aliphatic heterocycles. The van der Waals surface area contributed by atoms with Crippen LogP contribution < -0.4 is 4.90 Å². The molecule has 0 saturated carbocycles. The van der Waals surface area contributed by atoms with Crippen LogP contribution in [-0.4, -0.2) is 4.98 Å². The van der Waals surface area contributed by atoms with Crippen LogP contribution in [0.4, 0.5) is 17.1 Å². The zero-order valence-corrected chi connectivity index (χ0v) is 27.5. The minimum Gasteiger partial charge on any atom is -0.454 e. The number of benzene rings is 7. The maximum atomic E-state index is 6.81. The Kier molecular flexibility index (Phi) is 5.67. The normalized spacial score (nSPS) is 12.1. The number of nitrogens with zero attached hydrogens (tertiary/aromatic N) is 2. The molecule has 7 aromatic carbocycles. The number of fused-ring (bicyclic) bond motifs is 10. The molecule has 0 fully saturated rings. The zero-order valence-electron chi connectivity index (χ0n) is 25.9. The third-order valence-electron chi connectivity index (χ3n) is 9.51. The van der Waals surface area contributed by atoms with E-state index in [2.05, 4.69) is 114 Å². The summed E-state index contributed by atoms with van der Waals surface area (Å²) >= 11 is 3.66. The van der Waals surface area contributed by atoms with E-state index in [0.717, 1.165) is 55.7 Å². The molecule has 0 amide bonds. The van der Waals surface area contributed by atoms with Gasteiger partial charge in [0, 0.05) is 68.1 Å². The molecule has 0 aliphatic rings. The average Bonchev–Trinajstić information content (AvgIpc) is 3.92. The van der Waals surface area contributed by atoms with E-state index in [1.54, 1.807) is 0 Å². The SMILES string of the molecule is c1ccc2oc(-c3cccc4oc5c(N(c6ccc7c(c6)sc6ccccc67)c6ccc7c(c6)sc6ccccc67)cccc5c34)nc2c1. The first kappa shape index (κ1) is 27.0. The predicted octanol–water partition coefficient (Wildman–Crippen LogP) is 13.6. The van der Waals surface area contributed by atoms with E-state index in [4.69, 9.17) is 13.8 Å². The van der Waals surface area contributed by atoms with Crippen LogP contribution in [0.2, 0.25) is 0 Å². The second-order valence-corrected chi connectivity index (χ2v) is 14.5. The number of aromatic nitrogens is 1. The maximum Gasteiger partial charge on any atom is 0.228 e. The van der Waals surface area contributed by atoms with E-state index in [1.807, 2.05) is 59.1 Å². The number of furan rings is 1. The lowest BCUT2D eigenvalue weighted by molar-refractivity contribution is 0.620. The second kappa shape index (κ2) is 10.3. The van der Waals surface area contributed by atoms with Crippen molar-refractivity contribution < 1.29 is 8.83 Å². The van der Waals surface area contributed by atoms with E-state index in [-0.39, 0.29) is 0 Å². The van der Waals surface area contributed by atoms with Crippen molar-refractivity contribution in [3.05, 3.63) is 146 Å². The van der Waals surface area contributed by atoms with Crippen molar-refractivity contribution in [2.45, 2.75) is 0 Å². The first-order chi connectivity index (χ1) is 24.3. The Labute approximate surface area is 287 Å². The highest BCUT2D eigenvalue weighted by atomic mass is 32.1. The van der Waals surface area contributed by atoms with Gasteiger partial charge in [-0.25, -0.2) is 4.98 Å². The van der Waals surface area contributed by atoms with Crippen LogP contribution in [0.15, 0.2) is 154 Å². The number of thiophene rings is 2. The van der Waals surface area contributed by atoms with Crippen molar-refractivity contribution in [3.63, 3.8) is 0 Å². The van der Waals surface area contributed by atoms with Gasteiger partial charge in [-0.1, -0.05) is 78.9 Å². The standard InChI is InChI=1S/C43H24N2O2S2/c1-5-17-37-27(9-1)29-21-19-25(23-39(29)48-37)45(26-20-22-30-28-10-2-6-18-38(28)49-40(30)24-26)34-14-7-11-31-41-32(12-8-16-36(41)46-42(31)34)43-44-33-13-3-4-15-35(33)47-43/h1-24H. The highest BCUT2D eigenvalue weighted by molar-refractivity contribution is 7.26. The lowest BCUT2D eigenvalue weighted by Crippen LogP contribution is -2.10. The molecule has 0 bridgehead atoms. The van der Waals surface area contributed by atoms with Crippen molar-refractivity contribution in [1.29, 1.82) is 0 Å². The number of hydrogen-bond donors (Lipinski definition) is 0. The van der Waals surface area contributed by atoms with Crippen LogP contribution in [0.1, 0.15) is 0 Å². The minimum atomic E-state index is 0.585. The van der Waals surface area contributed by atoms with Gasteiger partial charge in [-0.05, 0) is 66.7 Å². The summed E-state index contributed by atoms with van der Waals surface area (Å²) in [4.78, 5) is 7.19. The van der Waals surface area contributed by atoms with Crippen LogP contribution in [0, 0.1) is 0 Å². The fourth-order valence-corrected chi connectivity index (χ4v) is 9.59. The number of para-hydroxylation sites is 3. The second-order valence-electron chi connectivity index (χ2n) is 12.3. The Bertz CT molecular complexity index is 2940. The number of hydrogen-bond acceptors (Lipinski definition) is 6. The Morgan fingerprint density at radius 3 is 1.78 bits per heavy atom. The molecule has 4 nitrogen and oxygen atoms in total. The van der Waals surface area contributed by atoms with Crippen LogP contribution in [-0.2, 0) is 0 Å². The van der Waals surface area contributed by atoms with Gasteiger partial charge in [0.05, 0.1) is 5.69 Å². The number of anilines is 3. The van der Waals surface area contributed by atoms with E-state index in [1.165, 1.54) is 40.3 Å². The van der Waals surface area contributed by atoms with Gasteiger partial charge >= 0.3 is 0 Å². The molecule has 11 aromatic rings. The molecule has 0 unspecified atom stereocenters. The van der Waals surface area contributed by atoms with Gasteiger partial charge in [-0.2, -0.15) is 0 Å². The molecule has 0 atom stereocenters. The fraction of sp³-hybridized carbons (Fsp3) is 0. The topological polar surface area (TPSA) is 42.4 Å². The maximum absolute atomic E-state index is 6.81. The Balaban J connectivity index is 1.17. The molecule has 6 heteroatoms. The highest BCUT2D eigenvalue weighted by Crippen LogP contribution is 2.47. The monoisotopic (exact) mass is 664 g/mol. The molecule has 4 heterocycles. The fourth-order valence-electron chi connectivity index (χ4n) is 7.31. The van der Waals surface area contributed by atoms with Gasteiger partial charge in [-0.3, -0.25) is 0 Å². The molecule has 0 spiro atoms. The summed E-state index contributed by atoms with van der Waals surface area (Å²) < 4.78 is 18.2. The Morgan fingerprint density at radius 1 is 0.469 bits per heavy atom. The molecule has 49 heavy (non-hydrogen) atoms. The largest absolute Gasteiger partial charge is 0.454 e. The van der Waals surface area contributed by atoms with Crippen molar-refractivity contribution >= 4 is 113 Å². The smallest absolute Gasteiger partial charge is 0.228 e. The van der Waals surface area contributed by atoms with Crippen molar-refractivity contribution in [2.75, 3.05) is 4.90 Å². The van der Waals surface area contributed by atoms with Crippen molar-refractivity contribution in [2.24, 2.45) is 0 Å². The Morgan fingerprint density at radius 2 is 1.06 bits per heavy atom. The summed E-state index contributed by atoms with van der Waals surface area (Å²) in [6.45, 7) is 0. The first-order valence-corrected chi connectivity index (χ1v) is 17.8. The van der Waals surface area contributed by atoms with Crippen LogP contribution in [0.5, 0.6) is 0 Å². The summed E-state index contributed by atoms with van der Waals surface area (Å²) in [5.74, 6) is 0.585. The molecule has 0 aliphatic carbocycles. The molecule has 11 rings (SSSR count). The van der Waals surface area contributed by atoms with E-state index < -0.39 is 0 Å². The zero-order chi connectivity index (χ0) is 32.1. The third kappa shape index (κ3) is 4.05. The van der Waals surface area contributed by atoms with Gasteiger partial charge in [0.15, 0.2) is 11.2 Å². The Hall–Kier alpha value is -5.95. The van der Waals surface area contributed by atoms with Gasteiger partial charge in [0.1, 0.15) is 11.1 Å². The minimum absolute atomic E-state index is 0.585. The van der Waals surface area contributed by atoms with E-state index in [0.29, 0.717) is 5.89 Å². The summed E-state index contributed by atoms with van der Waals surface area (Å²) in [5.41, 5.74) is 7.24. The van der Waals surface area contributed by atoms with Crippen molar-refractivity contribution in [1.82, 2.24) is 4.98 Å². The van der Waals surface area contributed by atoms with Gasteiger partial charge in [-0.15, -0.1) is 22.7 Å². The summed E-state index contributed by atoms with van der Waals surface area (Å²) in [6.07, 6.45) is 0. The average molecular weight is 665 g/mol. The van der Waals surface area contributed by atoms with Crippen LogP contribution in [0.25, 0.3) is 84.8 Å². The summed E-state index contributed by atoms with van der Waals surface area (Å²) in [6, 6.07) is 51.4. The van der Waals surface area contributed by atoms with Crippen LogP contribution in [0.3, 0.4) is 0 Å². The van der Waals surface area contributed by atoms with E-state index in [9.17, 15) is 0 Å². The van der Waals surface area contributed by atoms with Crippen LogP contribution >= 0.6 is 22.7 Å². The molecular formula is C43H24N2O2S2. The molecule has 0 radical (unpaired) electrons. The molecule has 4 aromatic heterocycles.